The molecule has 1 atom stereocenters. The van der Waals surface area contributed by atoms with Crippen LogP contribution in [0, 0.1) is 6.92 Å². The van der Waals surface area contributed by atoms with E-state index in [1.807, 2.05) is 7.05 Å². The lowest BCUT2D eigenvalue weighted by Crippen LogP contribution is -2.15. The summed E-state index contributed by atoms with van der Waals surface area (Å²) in [6.07, 6.45) is 1.10. The summed E-state index contributed by atoms with van der Waals surface area (Å²) in [5.74, 6) is 0. The molecule has 1 unspecified atom stereocenters. The maximum atomic E-state index is 3.36. The van der Waals surface area contributed by atoms with Crippen molar-refractivity contribution in [3.05, 3.63) is 59.7 Å². The molecule has 1 heteroatoms. The summed E-state index contributed by atoms with van der Waals surface area (Å²) < 4.78 is 0. The molecule has 2 rings (SSSR count). The van der Waals surface area contributed by atoms with Crippen molar-refractivity contribution in [2.45, 2.75) is 26.3 Å². The third kappa shape index (κ3) is 2.80. The summed E-state index contributed by atoms with van der Waals surface area (Å²) in [5.41, 5.74) is 5.25. The molecule has 0 fully saturated rings. The van der Waals surface area contributed by atoms with Crippen LogP contribution in [-0.4, -0.2) is 7.05 Å². The average molecular weight is 239 g/mol. The van der Waals surface area contributed by atoms with E-state index in [4.69, 9.17) is 0 Å². The van der Waals surface area contributed by atoms with Crippen LogP contribution in [0.1, 0.15) is 30.5 Å². The summed E-state index contributed by atoms with van der Waals surface area (Å²) in [6.45, 7) is 4.34. The van der Waals surface area contributed by atoms with Gasteiger partial charge in [-0.15, -0.1) is 0 Å². The Hall–Kier alpha value is -1.60. The first kappa shape index (κ1) is 12.8. The molecule has 0 saturated carbocycles. The van der Waals surface area contributed by atoms with Crippen LogP contribution in [0.4, 0.5) is 0 Å². The van der Waals surface area contributed by atoms with Gasteiger partial charge in [0.15, 0.2) is 0 Å². The fraction of sp³-hybridized carbons (Fsp3) is 0.294. The van der Waals surface area contributed by atoms with Gasteiger partial charge in [0, 0.05) is 6.04 Å². The summed E-state index contributed by atoms with van der Waals surface area (Å²) in [6, 6.07) is 17.9. The zero-order valence-corrected chi connectivity index (χ0v) is 11.4. The summed E-state index contributed by atoms with van der Waals surface area (Å²) >= 11 is 0. The molecular weight excluding hydrogens is 218 g/mol. The van der Waals surface area contributed by atoms with Gasteiger partial charge >= 0.3 is 0 Å². The second-order valence-electron chi connectivity index (χ2n) is 4.74. The minimum absolute atomic E-state index is 0.440. The normalized spacial score (nSPS) is 12.4. The SMILES string of the molecule is CCC(NC)c1cccc(-c2cccc(C)c2)c1. The molecule has 0 aliphatic rings. The minimum atomic E-state index is 0.440. The van der Waals surface area contributed by atoms with Crippen LogP contribution in [0.5, 0.6) is 0 Å². The van der Waals surface area contributed by atoms with Crippen LogP contribution in [-0.2, 0) is 0 Å². The number of hydrogen-bond acceptors (Lipinski definition) is 1. The van der Waals surface area contributed by atoms with Crippen LogP contribution in [0.3, 0.4) is 0 Å². The Morgan fingerprint density at radius 3 is 2.28 bits per heavy atom. The van der Waals surface area contributed by atoms with Crippen molar-refractivity contribution in [2.75, 3.05) is 7.05 Å². The van der Waals surface area contributed by atoms with Crippen LogP contribution in [0.2, 0.25) is 0 Å². The topological polar surface area (TPSA) is 12.0 Å². The van der Waals surface area contributed by atoms with Gasteiger partial charge in [0.2, 0.25) is 0 Å². The maximum Gasteiger partial charge on any atom is 0.0315 e. The molecule has 18 heavy (non-hydrogen) atoms. The third-order valence-electron chi connectivity index (χ3n) is 3.40. The molecule has 1 N–H and O–H groups in total. The lowest BCUT2D eigenvalue weighted by molar-refractivity contribution is 0.577. The molecule has 2 aromatic carbocycles. The Balaban J connectivity index is 2.38. The Morgan fingerprint density at radius 2 is 1.67 bits per heavy atom. The van der Waals surface area contributed by atoms with Crippen molar-refractivity contribution in [3.63, 3.8) is 0 Å². The Labute approximate surface area is 110 Å². The van der Waals surface area contributed by atoms with E-state index < -0.39 is 0 Å². The highest BCUT2D eigenvalue weighted by Crippen LogP contribution is 2.25. The van der Waals surface area contributed by atoms with Gasteiger partial charge in [-0.05, 0) is 43.1 Å². The zero-order valence-electron chi connectivity index (χ0n) is 11.4. The summed E-state index contributed by atoms with van der Waals surface area (Å²) in [4.78, 5) is 0. The molecule has 0 amide bonds. The molecule has 0 heterocycles. The van der Waals surface area contributed by atoms with E-state index in [0.717, 1.165) is 6.42 Å². The van der Waals surface area contributed by atoms with Gasteiger partial charge in [-0.3, -0.25) is 0 Å². The summed E-state index contributed by atoms with van der Waals surface area (Å²) in [7, 11) is 2.02. The zero-order chi connectivity index (χ0) is 13.0. The molecule has 0 radical (unpaired) electrons. The molecule has 0 saturated heterocycles. The first-order valence-electron chi connectivity index (χ1n) is 6.59. The standard InChI is InChI=1S/C17H21N/c1-4-17(18-3)16-10-6-9-15(12-16)14-8-5-7-13(2)11-14/h5-12,17-18H,4H2,1-3H3. The van der Waals surface area contributed by atoms with Gasteiger partial charge in [0.05, 0.1) is 0 Å². The predicted molar refractivity (Wildman–Crippen MR) is 78.7 cm³/mol. The van der Waals surface area contributed by atoms with Crippen molar-refractivity contribution in [2.24, 2.45) is 0 Å². The molecule has 0 bridgehead atoms. The van der Waals surface area contributed by atoms with Gasteiger partial charge in [-0.25, -0.2) is 0 Å². The van der Waals surface area contributed by atoms with Crippen LogP contribution in [0.15, 0.2) is 48.5 Å². The predicted octanol–water partition coefficient (Wildman–Crippen LogP) is 4.33. The monoisotopic (exact) mass is 239 g/mol. The van der Waals surface area contributed by atoms with Crippen LogP contribution in [0.25, 0.3) is 11.1 Å². The number of hydrogen-bond donors (Lipinski definition) is 1. The maximum absolute atomic E-state index is 3.36. The molecule has 1 nitrogen and oxygen atoms in total. The first-order chi connectivity index (χ1) is 8.74. The van der Waals surface area contributed by atoms with E-state index >= 15 is 0 Å². The van der Waals surface area contributed by atoms with E-state index in [2.05, 4.69) is 67.7 Å². The van der Waals surface area contributed by atoms with Gasteiger partial charge in [0.25, 0.3) is 0 Å². The second-order valence-corrected chi connectivity index (χ2v) is 4.74. The molecular formula is C17H21N. The highest BCUT2D eigenvalue weighted by atomic mass is 14.9. The quantitative estimate of drug-likeness (QED) is 0.837. The summed E-state index contributed by atoms with van der Waals surface area (Å²) in [5, 5.41) is 3.36. The lowest BCUT2D eigenvalue weighted by Gasteiger charge is -2.15. The molecule has 2 aromatic rings. The minimum Gasteiger partial charge on any atom is -0.313 e. The smallest absolute Gasteiger partial charge is 0.0315 e. The molecule has 94 valence electrons. The van der Waals surface area contributed by atoms with Gasteiger partial charge < -0.3 is 5.32 Å². The van der Waals surface area contributed by atoms with Crippen LogP contribution >= 0.6 is 0 Å². The Morgan fingerprint density at radius 1 is 1.00 bits per heavy atom. The van der Waals surface area contributed by atoms with E-state index in [1.165, 1.54) is 22.3 Å². The fourth-order valence-corrected chi connectivity index (χ4v) is 2.37. The van der Waals surface area contributed by atoms with Gasteiger partial charge in [-0.2, -0.15) is 0 Å². The van der Waals surface area contributed by atoms with Crippen molar-refractivity contribution in [1.82, 2.24) is 5.32 Å². The van der Waals surface area contributed by atoms with Crippen molar-refractivity contribution < 1.29 is 0 Å². The van der Waals surface area contributed by atoms with Crippen LogP contribution < -0.4 is 5.32 Å². The van der Waals surface area contributed by atoms with Crippen molar-refractivity contribution >= 4 is 0 Å². The fourth-order valence-electron chi connectivity index (χ4n) is 2.37. The molecule has 0 aliphatic heterocycles. The molecule has 0 spiro atoms. The second kappa shape index (κ2) is 5.83. The third-order valence-corrected chi connectivity index (χ3v) is 3.40. The van der Waals surface area contributed by atoms with Crippen molar-refractivity contribution in [1.29, 1.82) is 0 Å². The van der Waals surface area contributed by atoms with Gasteiger partial charge in [0.1, 0.15) is 0 Å². The Bertz CT molecular complexity index is 513. The van der Waals surface area contributed by atoms with E-state index in [0.29, 0.717) is 6.04 Å². The van der Waals surface area contributed by atoms with Crippen molar-refractivity contribution in [3.8, 4) is 11.1 Å². The Kier molecular flexibility index (Phi) is 4.16. The molecule has 0 aromatic heterocycles. The molecule has 0 aliphatic carbocycles. The highest BCUT2D eigenvalue weighted by molar-refractivity contribution is 5.65. The number of rotatable bonds is 4. The van der Waals surface area contributed by atoms with E-state index in [9.17, 15) is 0 Å². The first-order valence-corrected chi connectivity index (χ1v) is 6.59. The number of aryl methyl sites for hydroxylation is 1. The highest BCUT2D eigenvalue weighted by Gasteiger charge is 2.07. The number of benzene rings is 2. The van der Waals surface area contributed by atoms with E-state index in [1.54, 1.807) is 0 Å². The average Bonchev–Trinajstić information content (AvgIpc) is 2.41. The van der Waals surface area contributed by atoms with Gasteiger partial charge in [-0.1, -0.05) is 55.0 Å². The number of nitrogens with one attached hydrogen (secondary N) is 1. The largest absolute Gasteiger partial charge is 0.313 e. The van der Waals surface area contributed by atoms with E-state index in [-0.39, 0.29) is 0 Å². The lowest BCUT2D eigenvalue weighted by atomic mass is 9.97.